The lowest BCUT2D eigenvalue weighted by atomic mass is 10.0. The van der Waals surface area contributed by atoms with Crippen molar-refractivity contribution >= 4 is 0 Å². The monoisotopic (exact) mass is 271 g/mol. The second kappa shape index (κ2) is 4.99. The van der Waals surface area contributed by atoms with Gasteiger partial charge in [0.15, 0.2) is 11.6 Å². The van der Waals surface area contributed by atoms with Crippen LogP contribution in [0.2, 0.25) is 0 Å². The first-order valence-corrected chi connectivity index (χ1v) is 5.38. The van der Waals surface area contributed by atoms with Gasteiger partial charge in [-0.25, -0.2) is 8.78 Å². The van der Waals surface area contributed by atoms with Crippen molar-refractivity contribution < 1.29 is 22.0 Å². The molecule has 0 aromatic heterocycles. The van der Waals surface area contributed by atoms with E-state index in [-0.39, 0.29) is 6.42 Å². The van der Waals surface area contributed by atoms with Gasteiger partial charge < -0.3 is 0 Å². The molecule has 5 heteroatoms. The Bertz CT molecular complexity index is 587. The van der Waals surface area contributed by atoms with Gasteiger partial charge in [-0.2, -0.15) is 13.2 Å². The molecule has 0 spiro atoms. The van der Waals surface area contributed by atoms with Gasteiger partial charge in [-0.15, -0.1) is 0 Å². The van der Waals surface area contributed by atoms with Gasteiger partial charge in [0.2, 0.25) is 0 Å². The predicted molar refractivity (Wildman–Crippen MR) is 59.4 cm³/mol. The molecule has 0 N–H and O–H groups in total. The van der Waals surface area contributed by atoms with Crippen LogP contribution in [0.4, 0.5) is 22.0 Å². The number of benzene rings is 2. The molecule has 0 unspecified atom stereocenters. The average molecular weight is 271 g/mol. The van der Waals surface area contributed by atoms with E-state index in [1.54, 1.807) is 0 Å². The fraction of sp³-hybridized carbons (Fsp3) is 0.143. The zero-order chi connectivity index (χ0) is 14.0. The van der Waals surface area contributed by atoms with Crippen LogP contribution in [0.1, 0.15) is 16.7 Å². The first-order valence-electron chi connectivity index (χ1n) is 5.38. The molecule has 0 heterocycles. The molecule has 1 radical (unpaired) electrons. The Balaban J connectivity index is 2.26. The van der Waals surface area contributed by atoms with E-state index in [9.17, 15) is 22.0 Å². The third-order valence-corrected chi connectivity index (χ3v) is 2.56. The van der Waals surface area contributed by atoms with Gasteiger partial charge >= 0.3 is 6.18 Å². The quantitative estimate of drug-likeness (QED) is 0.711. The molecule has 0 bridgehead atoms. The summed E-state index contributed by atoms with van der Waals surface area (Å²) in [6.45, 7) is 0. The SMILES string of the molecule is Fc1ccc(Cc2cc[c]c(C(F)(F)F)c2)cc1F. The number of rotatable bonds is 2. The van der Waals surface area contributed by atoms with Gasteiger partial charge in [0.1, 0.15) is 0 Å². The van der Waals surface area contributed by atoms with E-state index < -0.39 is 23.4 Å². The third-order valence-electron chi connectivity index (χ3n) is 2.56. The molecule has 0 aliphatic heterocycles. The van der Waals surface area contributed by atoms with E-state index in [1.165, 1.54) is 12.1 Å². The van der Waals surface area contributed by atoms with E-state index in [4.69, 9.17) is 0 Å². The molecule has 0 saturated carbocycles. The molecule has 0 saturated heterocycles. The topological polar surface area (TPSA) is 0 Å². The van der Waals surface area contributed by atoms with Crippen molar-refractivity contribution in [1.29, 1.82) is 0 Å². The molecule has 99 valence electrons. The molecule has 0 aliphatic carbocycles. The van der Waals surface area contributed by atoms with Crippen LogP contribution in [0.5, 0.6) is 0 Å². The fourth-order valence-electron chi connectivity index (χ4n) is 1.67. The van der Waals surface area contributed by atoms with Gasteiger partial charge in [-0.3, -0.25) is 0 Å². The van der Waals surface area contributed by atoms with Crippen molar-refractivity contribution in [2.75, 3.05) is 0 Å². The summed E-state index contributed by atoms with van der Waals surface area (Å²) in [5, 5.41) is 0. The Hall–Kier alpha value is -1.91. The minimum atomic E-state index is -4.47. The molecule has 0 fully saturated rings. The molecule has 0 atom stereocenters. The normalized spacial score (nSPS) is 11.6. The molecule has 0 aliphatic rings. The van der Waals surface area contributed by atoms with Crippen LogP contribution in [0.3, 0.4) is 0 Å². The summed E-state index contributed by atoms with van der Waals surface area (Å²) in [4.78, 5) is 0. The second-order valence-corrected chi connectivity index (χ2v) is 4.03. The van der Waals surface area contributed by atoms with Crippen molar-refractivity contribution in [1.82, 2.24) is 0 Å². The Labute approximate surface area is 106 Å². The Kier molecular flexibility index (Phi) is 3.55. The van der Waals surface area contributed by atoms with Crippen LogP contribution in [0.25, 0.3) is 0 Å². The number of hydrogen-bond donors (Lipinski definition) is 0. The summed E-state index contributed by atoms with van der Waals surface area (Å²) in [6.07, 6.45) is -4.38. The lowest BCUT2D eigenvalue weighted by Gasteiger charge is -2.08. The van der Waals surface area contributed by atoms with Gasteiger partial charge in [-0.1, -0.05) is 18.2 Å². The zero-order valence-corrected chi connectivity index (χ0v) is 9.56. The van der Waals surface area contributed by atoms with Crippen LogP contribution < -0.4 is 0 Å². The summed E-state index contributed by atoms with van der Waals surface area (Å²) < 4.78 is 63.2. The van der Waals surface area contributed by atoms with Crippen molar-refractivity contribution in [2.24, 2.45) is 0 Å². The maximum Gasteiger partial charge on any atom is 0.417 e. The van der Waals surface area contributed by atoms with E-state index >= 15 is 0 Å². The zero-order valence-electron chi connectivity index (χ0n) is 9.56. The predicted octanol–water partition coefficient (Wildman–Crippen LogP) is 4.37. The minimum absolute atomic E-state index is 0.0922. The van der Waals surface area contributed by atoms with Crippen LogP contribution in [0.15, 0.2) is 36.4 Å². The molecule has 0 nitrogen and oxygen atoms in total. The van der Waals surface area contributed by atoms with E-state index in [0.717, 1.165) is 24.3 Å². The van der Waals surface area contributed by atoms with Crippen molar-refractivity contribution in [3.05, 3.63) is 70.8 Å². The van der Waals surface area contributed by atoms with Crippen molar-refractivity contribution in [3.8, 4) is 0 Å². The second-order valence-electron chi connectivity index (χ2n) is 4.03. The van der Waals surface area contributed by atoms with Crippen LogP contribution in [0, 0.1) is 17.7 Å². The van der Waals surface area contributed by atoms with Crippen molar-refractivity contribution in [2.45, 2.75) is 12.6 Å². The molecule has 2 aromatic carbocycles. The first kappa shape index (κ1) is 13.5. The largest absolute Gasteiger partial charge is 0.417 e. The van der Waals surface area contributed by atoms with Crippen LogP contribution in [-0.4, -0.2) is 0 Å². The smallest absolute Gasteiger partial charge is 0.204 e. The lowest BCUT2D eigenvalue weighted by Crippen LogP contribution is -2.05. The Morgan fingerprint density at radius 1 is 0.895 bits per heavy atom. The molecular formula is C14H8F5. The minimum Gasteiger partial charge on any atom is -0.204 e. The highest BCUT2D eigenvalue weighted by Gasteiger charge is 2.30. The average Bonchev–Trinajstić information content (AvgIpc) is 2.33. The van der Waals surface area contributed by atoms with Gasteiger partial charge in [0, 0.05) is 0 Å². The van der Waals surface area contributed by atoms with E-state index in [1.807, 2.05) is 0 Å². The number of alkyl halides is 3. The lowest BCUT2D eigenvalue weighted by molar-refractivity contribution is -0.137. The number of hydrogen-bond acceptors (Lipinski definition) is 0. The number of halogens is 5. The first-order chi connectivity index (χ1) is 8.86. The van der Waals surface area contributed by atoms with E-state index in [0.29, 0.717) is 11.1 Å². The van der Waals surface area contributed by atoms with Crippen LogP contribution in [-0.2, 0) is 12.6 Å². The highest BCUT2D eigenvalue weighted by molar-refractivity contribution is 5.30. The summed E-state index contributed by atoms with van der Waals surface area (Å²) in [6, 6.07) is 8.92. The van der Waals surface area contributed by atoms with Crippen LogP contribution >= 0.6 is 0 Å². The highest BCUT2D eigenvalue weighted by atomic mass is 19.4. The van der Waals surface area contributed by atoms with Crippen molar-refractivity contribution in [3.63, 3.8) is 0 Å². The Morgan fingerprint density at radius 3 is 2.21 bits per heavy atom. The van der Waals surface area contributed by atoms with Gasteiger partial charge in [0.25, 0.3) is 0 Å². The molecular weight excluding hydrogens is 263 g/mol. The summed E-state index contributed by atoms with van der Waals surface area (Å²) in [7, 11) is 0. The highest BCUT2D eigenvalue weighted by Crippen LogP contribution is 2.29. The molecule has 19 heavy (non-hydrogen) atoms. The molecule has 0 amide bonds. The standard InChI is InChI=1S/C14H8F5/c15-12-5-4-10(8-13(12)16)6-9-2-1-3-11(7-9)14(17,18)19/h1-2,4-5,7-8H,6H2. The van der Waals surface area contributed by atoms with E-state index in [2.05, 4.69) is 6.07 Å². The maximum absolute atomic E-state index is 13.0. The van der Waals surface area contributed by atoms with Gasteiger partial charge in [-0.05, 0) is 41.8 Å². The fourth-order valence-corrected chi connectivity index (χ4v) is 1.67. The summed E-state index contributed by atoms with van der Waals surface area (Å²) in [5.74, 6) is -2.00. The molecule has 2 rings (SSSR count). The Morgan fingerprint density at radius 2 is 1.58 bits per heavy atom. The summed E-state index contributed by atoms with van der Waals surface area (Å²) >= 11 is 0. The maximum atomic E-state index is 13.0. The third kappa shape index (κ3) is 3.30. The van der Waals surface area contributed by atoms with Gasteiger partial charge in [0.05, 0.1) is 5.56 Å². The summed E-state index contributed by atoms with van der Waals surface area (Å²) in [5.41, 5.74) is -0.122. The molecule has 2 aromatic rings.